The molecule has 2 rings (SSSR count). The van der Waals surface area contributed by atoms with Gasteiger partial charge in [0.2, 0.25) is 0 Å². The Labute approximate surface area is 111 Å². The molecule has 1 aromatic rings. The number of nitrogens with zero attached hydrogens (tertiary/aromatic N) is 2. The Morgan fingerprint density at radius 3 is 3.06 bits per heavy atom. The lowest BCUT2D eigenvalue weighted by Gasteiger charge is -2.11. The van der Waals surface area contributed by atoms with E-state index in [-0.39, 0.29) is 17.7 Å². The van der Waals surface area contributed by atoms with Crippen molar-refractivity contribution < 1.29 is 9.53 Å². The van der Waals surface area contributed by atoms with Crippen molar-refractivity contribution in [2.45, 2.75) is 19.0 Å². The lowest BCUT2D eigenvalue weighted by molar-refractivity contribution is 0.0928. The van der Waals surface area contributed by atoms with Crippen LogP contribution in [0.1, 0.15) is 16.9 Å². The van der Waals surface area contributed by atoms with E-state index in [1.54, 1.807) is 11.8 Å². The van der Waals surface area contributed by atoms with Crippen LogP contribution in [0.2, 0.25) is 5.02 Å². The summed E-state index contributed by atoms with van der Waals surface area (Å²) in [6, 6.07) is -0.0481. The second-order valence-corrected chi connectivity index (χ2v) is 4.72. The molecule has 0 amide bonds. The van der Waals surface area contributed by atoms with Crippen LogP contribution in [0.3, 0.4) is 0 Å². The highest BCUT2D eigenvalue weighted by atomic mass is 35.5. The normalized spacial score (nSPS) is 22.6. The topological polar surface area (TPSA) is 70.1 Å². The first-order valence-electron chi connectivity index (χ1n) is 5.82. The monoisotopic (exact) mass is 269 g/mol. The summed E-state index contributed by atoms with van der Waals surface area (Å²) in [4.78, 5) is 12.4. The number of ether oxygens (including phenoxy) is 1. The molecule has 6 heteroatoms. The van der Waals surface area contributed by atoms with E-state index in [1.165, 1.54) is 6.20 Å². The lowest BCUT2D eigenvalue weighted by atomic mass is 10.00. The van der Waals surface area contributed by atoms with Crippen molar-refractivity contribution >= 4 is 17.4 Å². The Bertz CT molecular complexity index is 470. The first kappa shape index (κ1) is 13.3. The van der Waals surface area contributed by atoms with Crippen LogP contribution >= 0.6 is 11.6 Å². The van der Waals surface area contributed by atoms with Crippen molar-refractivity contribution in [3.63, 3.8) is 0 Å². The van der Waals surface area contributed by atoms with Gasteiger partial charge < -0.3 is 10.5 Å². The number of hydrogen-bond acceptors (Lipinski definition) is 4. The highest BCUT2D eigenvalue weighted by molar-refractivity contribution is 6.33. The van der Waals surface area contributed by atoms with Crippen molar-refractivity contribution in [2.24, 2.45) is 11.7 Å². The van der Waals surface area contributed by atoms with Gasteiger partial charge in [-0.1, -0.05) is 23.8 Å². The van der Waals surface area contributed by atoms with E-state index in [0.29, 0.717) is 30.3 Å². The number of rotatable bonds is 5. The summed E-state index contributed by atoms with van der Waals surface area (Å²) in [7, 11) is 1.60. The van der Waals surface area contributed by atoms with Crippen LogP contribution < -0.4 is 5.73 Å². The molecule has 18 heavy (non-hydrogen) atoms. The molecule has 0 saturated heterocycles. The highest BCUT2D eigenvalue weighted by Gasteiger charge is 2.28. The van der Waals surface area contributed by atoms with Gasteiger partial charge >= 0.3 is 0 Å². The van der Waals surface area contributed by atoms with Gasteiger partial charge in [0, 0.05) is 19.1 Å². The minimum Gasteiger partial charge on any atom is -0.383 e. The second-order valence-electron chi connectivity index (χ2n) is 4.31. The Hall–Kier alpha value is -1.17. The molecule has 2 N–H and O–H groups in total. The van der Waals surface area contributed by atoms with E-state index < -0.39 is 0 Å². The molecule has 1 aliphatic rings. The fraction of sp³-hybridized carbons (Fsp3) is 0.500. The Kier molecular flexibility index (Phi) is 4.16. The van der Waals surface area contributed by atoms with Crippen LogP contribution in [0.25, 0.3) is 0 Å². The van der Waals surface area contributed by atoms with E-state index in [2.05, 4.69) is 5.10 Å². The average Bonchev–Trinajstić information content (AvgIpc) is 2.92. The largest absolute Gasteiger partial charge is 0.383 e. The highest BCUT2D eigenvalue weighted by Crippen LogP contribution is 2.25. The maximum absolute atomic E-state index is 12.4. The molecule has 2 atom stereocenters. The van der Waals surface area contributed by atoms with E-state index in [4.69, 9.17) is 22.1 Å². The third-order valence-corrected chi connectivity index (χ3v) is 3.27. The Morgan fingerprint density at radius 2 is 2.44 bits per heavy atom. The molecule has 1 aliphatic carbocycles. The number of aromatic nitrogens is 2. The zero-order valence-electron chi connectivity index (χ0n) is 10.2. The molecule has 0 aliphatic heterocycles. The van der Waals surface area contributed by atoms with E-state index in [0.717, 1.165) is 0 Å². The number of carbonyl (C=O) groups excluding carboxylic acids is 1. The molecule has 1 heterocycles. The molecule has 0 fully saturated rings. The zero-order valence-corrected chi connectivity index (χ0v) is 10.9. The fourth-order valence-electron chi connectivity index (χ4n) is 2.05. The van der Waals surface area contributed by atoms with Crippen molar-refractivity contribution in [3.05, 3.63) is 29.1 Å². The second kappa shape index (κ2) is 5.65. The van der Waals surface area contributed by atoms with E-state index >= 15 is 0 Å². The van der Waals surface area contributed by atoms with Crippen LogP contribution in [0.4, 0.5) is 0 Å². The number of carbonyl (C=O) groups is 1. The fourth-order valence-corrected chi connectivity index (χ4v) is 2.29. The van der Waals surface area contributed by atoms with Gasteiger partial charge in [-0.3, -0.25) is 9.48 Å². The Balaban J connectivity index is 2.19. The molecule has 5 nitrogen and oxygen atoms in total. The number of nitrogens with two attached hydrogens (primary N) is 1. The predicted molar refractivity (Wildman–Crippen MR) is 68.7 cm³/mol. The smallest absolute Gasteiger partial charge is 0.189 e. The first-order chi connectivity index (χ1) is 8.63. The summed E-state index contributed by atoms with van der Waals surface area (Å²) in [6.45, 7) is 0.991. The number of hydrogen-bond donors (Lipinski definition) is 1. The minimum atomic E-state index is -0.199. The summed E-state index contributed by atoms with van der Waals surface area (Å²) in [5.41, 5.74) is 6.20. The quantitative estimate of drug-likeness (QED) is 0.646. The SMILES string of the molecule is COCCn1ncc(Cl)c1C(=O)C1C=CC(N)C1. The van der Waals surface area contributed by atoms with E-state index in [9.17, 15) is 4.79 Å². The van der Waals surface area contributed by atoms with Gasteiger partial charge in [0.25, 0.3) is 0 Å². The maximum Gasteiger partial charge on any atom is 0.189 e. The minimum absolute atomic E-state index is 0.0298. The zero-order chi connectivity index (χ0) is 13.1. The van der Waals surface area contributed by atoms with Crippen molar-refractivity contribution in [1.29, 1.82) is 0 Å². The van der Waals surface area contributed by atoms with Crippen LogP contribution in [-0.2, 0) is 11.3 Å². The Morgan fingerprint density at radius 1 is 1.67 bits per heavy atom. The number of halogens is 1. The number of allylic oxidation sites excluding steroid dienone is 1. The van der Waals surface area contributed by atoms with Gasteiger partial charge in [-0.15, -0.1) is 0 Å². The van der Waals surface area contributed by atoms with Crippen LogP contribution in [0.15, 0.2) is 18.3 Å². The van der Waals surface area contributed by atoms with Gasteiger partial charge in [0.05, 0.1) is 24.4 Å². The molecule has 98 valence electrons. The standard InChI is InChI=1S/C12H16ClN3O2/c1-18-5-4-16-11(10(13)7-15-16)12(17)8-2-3-9(14)6-8/h2-3,7-9H,4-6,14H2,1H3. The summed E-state index contributed by atoms with van der Waals surface area (Å²) < 4.78 is 6.57. The maximum atomic E-state index is 12.4. The van der Waals surface area contributed by atoms with Gasteiger partial charge in [-0.25, -0.2) is 0 Å². The van der Waals surface area contributed by atoms with Gasteiger partial charge in [0.1, 0.15) is 5.69 Å². The summed E-state index contributed by atoms with van der Waals surface area (Å²) in [6.07, 6.45) is 5.82. The number of ketones is 1. The van der Waals surface area contributed by atoms with Crippen LogP contribution in [0, 0.1) is 5.92 Å². The molecule has 1 aromatic heterocycles. The molecular weight excluding hydrogens is 254 g/mol. The van der Waals surface area contributed by atoms with Crippen molar-refractivity contribution in [1.82, 2.24) is 9.78 Å². The summed E-state index contributed by atoms with van der Waals surface area (Å²) >= 11 is 6.03. The summed E-state index contributed by atoms with van der Waals surface area (Å²) in [5.74, 6) is -0.228. The molecule has 0 bridgehead atoms. The molecule has 0 spiro atoms. The third-order valence-electron chi connectivity index (χ3n) is 2.99. The summed E-state index contributed by atoms with van der Waals surface area (Å²) in [5, 5.41) is 4.47. The molecule has 2 unspecified atom stereocenters. The van der Waals surface area contributed by atoms with Crippen LogP contribution in [-0.4, -0.2) is 35.3 Å². The molecule has 0 aromatic carbocycles. The third kappa shape index (κ3) is 2.63. The van der Waals surface area contributed by atoms with Crippen molar-refractivity contribution in [3.8, 4) is 0 Å². The number of methoxy groups -OCH3 is 1. The van der Waals surface area contributed by atoms with Gasteiger partial charge in [-0.05, 0) is 6.42 Å². The molecule has 0 radical (unpaired) electrons. The lowest BCUT2D eigenvalue weighted by Crippen LogP contribution is -2.22. The van der Waals surface area contributed by atoms with Gasteiger partial charge in [-0.2, -0.15) is 5.10 Å². The average molecular weight is 270 g/mol. The predicted octanol–water partition coefficient (Wildman–Crippen LogP) is 1.27. The van der Waals surface area contributed by atoms with Gasteiger partial charge in [0.15, 0.2) is 5.78 Å². The van der Waals surface area contributed by atoms with Crippen molar-refractivity contribution in [2.75, 3.05) is 13.7 Å². The molecule has 0 saturated carbocycles. The number of Topliss-reactive ketones (excluding diaryl/α,β-unsaturated/α-hetero) is 1. The first-order valence-corrected chi connectivity index (χ1v) is 6.19. The molecular formula is C12H16ClN3O2. The van der Waals surface area contributed by atoms with E-state index in [1.807, 2.05) is 12.2 Å². The van der Waals surface area contributed by atoms with Crippen LogP contribution in [0.5, 0.6) is 0 Å².